The Morgan fingerprint density at radius 1 is 1.30 bits per heavy atom. The first-order chi connectivity index (χ1) is 14.0. The van der Waals surface area contributed by atoms with Gasteiger partial charge in [0, 0.05) is 40.3 Å². The molecule has 1 heterocycles. The molecular formula is C22H38IN5O2. The van der Waals surface area contributed by atoms with Crippen LogP contribution >= 0.6 is 24.0 Å². The van der Waals surface area contributed by atoms with E-state index in [2.05, 4.69) is 20.5 Å². The number of guanidine groups is 1. The fourth-order valence-electron chi connectivity index (χ4n) is 3.65. The topological polar surface area (TPSA) is 80.2 Å². The smallest absolute Gasteiger partial charge is 0.239 e. The maximum atomic E-state index is 12.3. The van der Waals surface area contributed by atoms with Crippen LogP contribution in [0.4, 0.5) is 0 Å². The number of aliphatic hydroxyl groups is 1. The van der Waals surface area contributed by atoms with Crippen LogP contribution in [-0.2, 0) is 4.79 Å². The number of carbonyl (C=O) groups is 1. The zero-order valence-corrected chi connectivity index (χ0v) is 20.8. The molecule has 0 saturated carbocycles. The average Bonchev–Trinajstić information content (AvgIpc) is 3.19. The van der Waals surface area contributed by atoms with Gasteiger partial charge in [0.1, 0.15) is 0 Å². The second-order valence-electron chi connectivity index (χ2n) is 7.68. The van der Waals surface area contributed by atoms with E-state index in [1.54, 1.807) is 4.90 Å². The molecule has 1 aromatic carbocycles. The van der Waals surface area contributed by atoms with E-state index in [0.717, 1.165) is 50.4 Å². The maximum Gasteiger partial charge on any atom is 0.239 e. The van der Waals surface area contributed by atoms with Crippen LogP contribution in [0.25, 0.3) is 0 Å². The number of likely N-dealkylation sites (tertiary alicyclic amines) is 1. The molecule has 0 aromatic heterocycles. The Kier molecular flexibility index (Phi) is 13.0. The number of carbonyl (C=O) groups excluding carboxylic acids is 1. The minimum absolute atomic E-state index is 0. The Hall–Kier alpha value is -1.39. The summed E-state index contributed by atoms with van der Waals surface area (Å²) < 4.78 is 0. The molecule has 1 aromatic rings. The molecule has 3 N–H and O–H groups in total. The molecule has 0 aliphatic carbocycles. The standard InChI is InChI=1S/C22H37N5O2.HI/c1-4-23-22(25-15-13-20(28)18-10-6-5-7-11-18)24-14-9-17-27-16-8-12-19(27)21(29)26(2)3;/h5-7,10-11,19-20,28H,4,8-9,12-17H2,1-3H3,(H2,23,24,25);1H. The van der Waals surface area contributed by atoms with E-state index in [1.165, 1.54) is 0 Å². The Balaban J connectivity index is 0.00000450. The molecule has 2 rings (SSSR count). The fraction of sp³-hybridized carbons (Fsp3) is 0.636. The number of aliphatic imine (C=N–C) groups is 1. The molecule has 2 atom stereocenters. The highest BCUT2D eigenvalue weighted by molar-refractivity contribution is 14.0. The van der Waals surface area contributed by atoms with E-state index in [9.17, 15) is 9.90 Å². The van der Waals surface area contributed by atoms with Crippen LogP contribution in [0.5, 0.6) is 0 Å². The quantitative estimate of drug-likeness (QED) is 0.187. The first-order valence-electron chi connectivity index (χ1n) is 10.7. The summed E-state index contributed by atoms with van der Waals surface area (Å²) in [6.45, 7) is 6.06. The Labute approximate surface area is 198 Å². The van der Waals surface area contributed by atoms with Crippen molar-refractivity contribution >= 4 is 35.8 Å². The van der Waals surface area contributed by atoms with Gasteiger partial charge >= 0.3 is 0 Å². The van der Waals surface area contributed by atoms with E-state index in [1.807, 2.05) is 51.4 Å². The second kappa shape index (κ2) is 14.6. The molecule has 1 amide bonds. The molecule has 7 nitrogen and oxygen atoms in total. The monoisotopic (exact) mass is 531 g/mol. The first kappa shape index (κ1) is 26.6. The first-order valence-corrected chi connectivity index (χ1v) is 10.7. The lowest BCUT2D eigenvalue weighted by Crippen LogP contribution is -2.43. The highest BCUT2D eigenvalue weighted by Gasteiger charge is 2.30. The van der Waals surface area contributed by atoms with E-state index in [-0.39, 0.29) is 35.9 Å². The Morgan fingerprint density at radius 3 is 2.70 bits per heavy atom. The lowest BCUT2D eigenvalue weighted by molar-refractivity contribution is -0.133. The third-order valence-corrected chi connectivity index (χ3v) is 5.20. The van der Waals surface area contributed by atoms with Crippen LogP contribution in [0.1, 0.15) is 44.3 Å². The van der Waals surface area contributed by atoms with Gasteiger partial charge in [0.15, 0.2) is 5.96 Å². The molecule has 1 aliphatic heterocycles. The molecule has 0 spiro atoms. The zero-order chi connectivity index (χ0) is 21.1. The molecule has 1 saturated heterocycles. The summed E-state index contributed by atoms with van der Waals surface area (Å²) in [5, 5.41) is 16.8. The number of aliphatic hydroxyl groups excluding tert-OH is 1. The van der Waals surface area contributed by atoms with Crippen molar-refractivity contribution in [1.82, 2.24) is 20.4 Å². The third kappa shape index (κ3) is 8.77. The number of likely N-dealkylation sites (N-methyl/N-ethyl adjacent to an activating group) is 1. The summed E-state index contributed by atoms with van der Waals surface area (Å²) in [5.74, 6) is 0.980. The number of amides is 1. The van der Waals surface area contributed by atoms with Crippen LogP contribution in [0.3, 0.4) is 0 Å². The summed E-state index contributed by atoms with van der Waals surface area (Å²) in [5.41, 5.74) is 0.934. The van der Waals surface area contributed by atoms with E-state index in [0.29, 0.717) is 19.5 Å². The third-order valence-electron chi connectivity index (χ3n) is 5.20. The van der Waals surface area contributed by atoms with Crippen molar-refractivity contribution in [1.29, 1.82) is 0 Å². The van der Waals surface area contributed by atoms with Crippen molar-refractivity contribution in [3.05, 3.63) is 35.9 Å². The van der Waals surface area contributed by atoms with Crippen molar-refractivity contribution in [2.45, 2.75) is 44.8 Å². The van der Waals surface area contributed by atoms with Crippen molar-refractivity contribution < 1.29 is 9.90 Å². The summed E-state index contributed by atoms with van der Waals surface area (Å²) >= 11 is 0. The van der Waals surface area contributed by atoms with Gasteiger partial charge in [-0.3, -0.25) is 14.7 Å². The molecule has 1 fully saturated rings. The van der Waals surface area contributed by atoms with E-state index < -0.39 is 6.10 Å². The average molecular weight is 531 g/mol. The number of halogens is 1. The largest absolute Gasteiger partial charge is 0.388 e. The van der Waals surface area contributed by atoms with Gasteiger partial charge in [-0.2, -0.15) is 0 Å². The normalized spacial score (nSPS) is 17.9. The Morgan fingerprint density at radius 2 is 2.03 bits per heavy atom. The van der Waals surface area contributed by atoms with Crippen LogP contribution in [-0.4, -0.2) is 79.6 Å². The molecule has 1 aliphatic rings. The number of benzene rings is 1. The molecule has 0 bridgehead atoms. The predicted octanol–water partition coefficient (Wildman–Crippen LogP) is 2.23. The number of hydrogen-bond donors (Lipinski definition) is 3. The maximum absolute atomic E-state index is 12.3. The molecule has 170 valence electrons. The number of nitrogens with zero attached hydrogens (tertiary/aromatic N) is 3. The zero-order valence-electron chi connectivity index (χ0n) is 18.5. The molecule has 0 radical (unpaired) electrons. The summed E-state index contributed by atoms with van der Waals surface area (Å²) in [7, 11) is 3.65. The van der Waals surface area contributed by atoms with Crippen LogP contribution in [0, 0.1) is 0 Å². The van der Waals surface area contributed by atoms with Gasteiger partial charge in [0.2, 0.25) is 5.91 Å². The Bertz CT molecular complexity index is 642. The van der Waals surface area contributed by atoms with Gasteiger partial charge in [-0.05, 0) is 44.7 Å². The minimum atomic E-state index is -0.479. The number of hydrogen-bond acceptors (Lipinski definition) is 4. The highest BCUT2D eigenvalue weighted by atomic mass is 127. The lowest BCUT2D eigenvalue weighted by Gasteiger charge is -2.25. The highest BCUT2D eigenvalue weighted by Crippen LogP contribution is 2.19. The van der Waals surface area contributed by atoms with Gasteiger partial charge in [-0.1, -0.05) is 30.3 Å². The van der Waals surface area contributed by atoms with Gasteiger partial charge in [-0.15, -0.1) is 24.0 Å². The molecular weight excluding hydrogens is 493 g/mol. The summed E-state index contributed by atoms with van der Waals surface area (Å²) in [6, 6.07) is 9.74. The molecule has 2 unspecified atom stereocenters. The van der Waals surface area contributed by atoms with Gasteiger partial charge in [-0.25, -0.2) is 0 Å². The lowest BCUT2D eigenvalue weighted by atomic mass is 10.1. The summed E-state index contributed by atoms with van der Waals surface area (Å²) in [4.78, 5) is 20.9. The van der Waals surface area contributed by atoms with E-state index in [4.69, 9.17) is 0 Å². The number of rotatable bonds is 10. The van der Waals surface area contributed by atoms with Crippen LogP contribution < -0.4 is 10.6 Å². The van der Waals surface area contributed by atoms with Crippen molar-refractivity contribution in [3.63, 3.8) is 0 Å². The van der Waals surface area contributed by atoms with Crippen LogP contribution in [0.15, 0.2) is 35.3 Å². The van der Waals surface area contributed by atoms with Crippen molar-refractivity contribution in [2.24, 2.45) is 4.99 Å². The minimum Gasteiger partial charge on any atom is -0.388 e. The summed E-state index contributed by atoms with van der Waals surface area (Å²) in [6.07, 6.45) is 3.10. The molecule has 8 heteroatoms. The fourth-order valence-corrected chi connectivity index (χ4v) is 3.65. The van der Waals surface area contributed by atoms with Gasteiger partial charge in [0.05, 0.1) is 12.1 Å². The second-order valence-corrected chi connectivity index (χ2v) is 7.68. The van der Waals surface area contributed by atoms with Crippen molar-refractivity contribution in [2.75, 3.05) is 46.8 Å². The number of nitrogens with one attached hydrogen (secondary N) is 2. The van der Waals surface area contributed by atoms with Crippen molar-refractivity contribution in [3.8, 4) is 0 Å². The molecule has 30 heavy (non-hydrogen) atoms. The SMILES string of the molecule is CCNC(=NCCCN1CCCC1C(=O)N(C)C)NCCC(O)c1ccccc1.I. The predicted molar refractivity (Wildman–Crippen MR) is 133 cm³/mol. The van der Waals surface area contributed by atoms with E-state index >= 15 is 0 Å². The van der Waals surface area contributed by atoms with Gasteiger partial charge in [0.25, 0.3) is 0 Å². The van der Waals surface area contributed by atoms with Gasteiger partial charge < -0.3 is 20.6 Å². The van der Waals surface area contributed by atoms with Crippen LogP contribution in [0.2, 0.25) is 0 Å².